The largest absolute Gasteiger partial charge is 0.297 e. The standard InChI is InChI=1S/C17H13FN2O/c1-12-17(20-11-3-2-4-16(20)19-12)15(21)10-7-13-5-8-14(18)9-6-13/h2-11H,1H3. The van der Waals surface area contributed by atoms with E-state index in [2.05, 4.69) is 4.98 Å². The van der Waals surface area contributed by atoms with Crippen LogP contribution in [0, 0.1) is 12.7 Å². The molecule has 0 saturated carbocycles. The molecule has 4 heteroatoms. The molecular formula is C17H13FN2O. The average Bonchev–Trinajstić information content (AvgIpc) is 2.82. The van der Waals surface area contributed by atoms with Crippen LogP contribution in [0.1, 0.15) is 21.7 Å². The monoisotopic (exact) mass is 280 g/mol. The highest BCUT2D eigenvalue weighted by molar-refractivity contribution is 6.06. The van der Waals surface area contributed by atoms with Gasteiger partial charge in [-0.05, 0) is 42.8 Å². The molecule has 0 fully saturated rings. The summed E-state index contributed by atoms with van der Waals surface area (Å²) in [6.07, 6.45) is 4.97. The summed E-state index contributed by atoms with van der Waals surface area (Å²) in [5.41, 5.74) is 2.75. The van der Waals surface area contributed by atoms with Crippen LogP contribution in [0.2, 0.25) is 0 Å². The Hall–Kier alpha value is -2.75. The molecule has 0 amide bonds. The molecule has 104 valence electrons. The third-order valence-corrected chi connectivity index (χ3v) is 3.23. The van der Waals surface area contributed by atoms with Crippen molar-refractivity contribution in [3.05, 3.63) is 77.5 Å². The number of halogens is 1. The predicted octanol–water partition coefficient (Wildman–Crippen LogP) is 3.68. The van der Waals surface area contributed by atoms with Gasteiger partial charge in [0.2, 0.25) is 5.78 Å². The number of aromatic nitrogens is 2. The lowest BCUT2D eigenvalue weighted by atomic mass is 10.1. The van der Waals surface area contributed by atoms with Gasteiger partial charge in [0.15, 0.2) is 0 Å². The summed E-state index contributed by atoms with van der Waals surface area (Å²) < 4.78 is 14.6. The number of fused-ring (bicyclic) bond motifs is 1. The Morgan fingerprint density at radius 3 is 2.71 bits per heavy atom. The number of carbonyl (C=O) groups is 1. The molecular weight excluding hydrogens is 267 g/mol. The zero-order valence-electron chi connectivity index (χ0n) is 11.5. The number of pyridine rings is 1. The van der Waals surface area contributed by atoms with Crippen molar-refractivity contribution in [3.8, 4) is 0 Å². The molecule has 0 unspecified atom stereocenters. The minimum absolute atomic E-state index is 0.129. The van der Waals surface area contributed by atoms with Crippen LogP contribution < -0.4 is 0 Å². The third-order valence-electron chi connectivity index (χ3n) is 3.23. The second-order valence-corrected chi connectivity index (χ2v) is 4.72. The summed E-state index contributed by atoms with van der Waals surface area (Å²) in [5, 5.41) is 0. The first-order valence-electron chi connectivity index (χ1n) is 6.57. The number of hydrogen-bond donors (Lipinski definition) is 0. The predicted molar refractivity (Wildman–Crippen MR) is 79.7 cm³/mol. The molecule has 2 heterocycles. The van der Waals surface area contributed by atoms with Crippen molar-refractivity contribution in [2.45, 2.75) is 6.92 Å². The maximum atomic E-state index is 12.8. The number of rotatable bonds is 3. The summed E-state index contributed by atoms with van der Waals surface area (Å²) >= 11 is 0. The summed E-state index contributed by atoms with van der Waals surface area (Å²) in [7, 11) is 0. The summed E-state index contributed by atoms with van der Waals surface area (Å²) in [6, 6.07) is 11.6. The zero-order valence-corrected chi connectivity index (χ0v) is 11.5. The van der Waals surface area contributed by atoms with E-state index in [0.717, 1.165) is 11.2 Å². The highest BCUT2D eigenvalue weighted by Crippen LogP contribution is 2.14. The second-order valence-electron chi connectivity index (χ2n) is 4.72. The number of benzene rings is 1. The fraction of sp³-hybridized carbons (Fsp3) is 0.0588. The molecule has 3 aromatic rings. The summed E-state index contributed by atoms with van der Waals surface area (Å²) in [5.74, 6) is -0.424. The number of imidazole rings is 1. The van der Waals surface area contributed by atoms with E-state index in [4.69, 9.17) is 0 Å². The van der Waals surface area contributed by atoms with Gasteiger partial charge in [0.1, 0.15) is 17.2 Å². The van der Waals surface area contributed by atoms with Crippen LogP contribution in [0.4, 0.5) is 4.39 Å². The summed E-state index contributed by atoms with van der Waals surface area (Å²) in [6.45, 7) is 1.81. The Morgan fingerprint density at radius 2 is 1.95 bits per heavy atom. The first kappa shape index (κ1) is 13.2. The van der Waals surface area contributed by atoms with E-state index in [0.29, 0.717) is 11.4 Å². The number of ketones is 1. The van der Waals surface area contributed by atoms with E-state index in [1.54, 1.807) is 22.6 Å². The molecule has 0 aliphatic rings. The molecule has 0 saturated heterocycles. The normalized spacial score (nSPS) is 11.3. The smallest absolute Gasteiger partial charge is 0.204 e. The highest BCUT2D eigenvalue weighted by atomic mass is 19.1. The third kappa shape index (κ3) is 2.60. The van der Waals surface area contributed by atoms with Crippen molar-refractivity contribution in [1.29, 1.82) is 0 Å². The Kier molecular flexibility index (Phi) is 3.36. The molecule has 3 rings (SSSR count). The highest BCUT2D eigenvalue weighted by Gasteiger charge is 2.13. The molecule has 0 bridgehead atoms. The van der Waals surface area contributed by atoms with Gasteiger partial charge >= 0.3 is 0 Å². The minimum Gasteiger partial charge on any atom is -0.297 e. The molecule has 0 N–H and O–H groups in total. The van der Waals surface area contributed by atoms with Gasteiger partial charge in [-0.25, -0.2) is 9.37 Å². The SMILES string of the molecule is Cc1nc2ccccn2c1C(=O)C=Cc1ccc(F)cc1. The lowest BCUT2D eigenvalue weighted by molar-refractivity contribution is 0.104. The lowest BCUT2D eigenvalue weighted by Crippen LogP contribution is -2.01. The van der Waals surface area contributed by atoms with Crippen molar-refractivity contribution < 1.29 is 9.18 Å². The maximum absolute atomic E-state index is 12.8. The van der Waals surface area contributed by atoms with Gasteiger partial charge in [-0.15, -0.1) is 0 Å². The van der Waals surface area contributed by atoms with E-state index in [-0.39, 0.29) is 11.6 Å². The Morgan fingerprint density at radius 1 is 1.19 bits per heavy atom. The molecule has 2 aromatic heterocycles. The van der Waals surface area contributed by atoms with Gasteiger partial charge in [0, 0.05) is 6.20 Å². The first-order valence-corrected chi connectivity index (χ1v) is 6.57. The Balaban J connectivity index is 1.94. The minimum atomic E-state index is -0.295. The molecule has 0 aliphatic heterocycles. The number of allylic oxidation sites excluding steroid dienone is 1. The van der Waals surface area contributed by atoms with Crippen LogP contribution in [0.15, 0.2) is 54.7 Å². The Labute approximate surface area is 121 Å². The van der Waals surface area contributed by atoms with Crippen LogP contribution in [-0.4, -0.2) is 15.2 Å². The number of nitrogens with zero attached hydrogens (tertiary/aromatic N) is 2. The van der Waals surface area contributed by atoms with E-state index >= 15 is 0 Å². The molecule has 0 atom stereocenters. The fourth-order valence-corrected chi connectivity index (χ4v) is 2.24. The van der Waals surface area contributed by atoms with Gasteiger partial charge < -0.3 is 0 Å². The van der Waals surface area contributed by atoms with Crippen molar-refractivity contribution in [1.82, 2.24) is 9.38 Å². The molecule has 0 radical (unpaired) electrons. The van der Waals surface area contributed by atoms with Crippen LogP contribution in [0.25, 0.3) is 11.7 Å². The van der Waals surface area contributed by atoms with E-state index in [9.17, 15) is 9.18 Å². The molecule has 1 aromatic carbocycles. The molecule has 0 aliphatic carbocycles. The number of hydrogen-bond acceptors (Lipinski definition) is 2. The fourth-order valence-electron chi connectivity index (χ4n) is 2.24. The van der Waals surface area contributed by atoms with Crippen molar-refractivity contribution in [3.63, 3.8) is 0 Å². The number of carbonyl (C=O) groups excluding carboxylic acids is 1. The van der Waals surface area contributed by atoms with Crippen molar-refractivity contribution >= 4 is 17.5 Å². The van der Waals surface area contributed by atoms with E-state index in [1.807, 2.05) is 31.3 Å². The van der Waals surface area contributed by atoms with Crippen molar-refractivity contribution in [2.24, 2.45) is 0 Å². The quantitative estimate of drug-likeness (QED) is 0.542. The van der Waals surface area contributed by atoms with Crippen molar-refractivity contribution in [2.75, 3.05) is 0 Å². The van der Waals surface area contributed by atoms with Crippen LogP contribution >= 0.6 is 0 Å². The summed E-state index contributed by atoms with van der Waals surface area (Å²) in [4.78, 5) is 16.7. The molecule has 3 nitrogen and oxygen atoms in total. The van der Waals surface area contributed by atoms with Gasteiger partial charge in [-0.3, -0.25) is 9.20 Å². The van der Waals surface area contributed by atoms with Crippen LogP contribution in [-0.2, 0) is 0 Å². The first-order chi connectivity index (χ1) is 10.1. The van der Waals surface area contributed by atoms with Gasteiger partial charge in [0.05, 0.1) is 5.69 Å². The maximum Gasteiger partial charge on any atom is 0.204 e. The van der Waals surface area contributed by atoms with Crippen LogP contribution in [0.5, 0.6) is 0 Å². The number of aryl methyl sites for hydroxylation is 1. The Bertz CT molecular complexity index is 832. The zero-order chi connectivity index (χ0) is 14.8. The van der Waals surface area contributed by atoms with Crippen LogP contribution in [0.3, 0.4) is 0 Å². The lowest BCUT2D eigenvalue weighted by Gasteiger charge is -1.98. The topological polar surface area (TPSA) is 34.4 Å². The average molecular weight is 280 g/mol. The van der Waals surface area contributed by atoms with E-state index in [1.165, 1.54) is 18.2 Å². The molecule has 21 heavy (non-hydrogen) atoms. The van der Waals surface area contributed by atoms with E-state index < -0.39 is 0 Å². The van der Waals surface area contributed by atoms with Gasteiger partial charge in [-0.1, -0.05) is 24.3 Å². The van der Waals surface area contributed by atoms with Gasteiger partial charge in [0.25, 0.3) is 0 Å². The second kappa shape index (κ2) is 5.32. The molecule has 0 spiro atoms. The van der Waals surface area contributed by atoms with Gasteiger partial charge in [-0.2, -0.15) is 0 Å².